The van der Waals surface area contributed by atoms with Crippen molar-refractivity contribution >= 4 is 11.9 Å². The molecule has 1 aliphatic heterocycles. The molecule has 0 aromatic heterocycles. The Kier molecular flexibility index (Phi) is 1.96. The van der Waals surface area contributed by atoms with Crippen LogP contribution in [0.2, 0.25) is 0 Å². The summed E-state index contributed by atoms with van der Waals surface area (Å²) in [6.45, 7) is -0.0782. The van der Waals surface area contributed by atoms with E-state index in [2.05, 4.69) is 0 Å². The first-order valence-electron chi connectivity index (χ1n) is 4.19. The van der Waals surface area contributed by atoms with E-state index in [1.807, 2.05) is 0 Å². The van der Waals surface area contributed by atoms with E-state index in [1.165, 1.54) is 0 Å². The molecule has 1 atom stereocenters. The molecule has 14 heavy (non-hydrogen) atoms. The summed E-state index contributed by atoms with van der Waals surface area (Å²) in [5.74, 6) is -2.15. The van der Waals surface area contributed by atoms with E-state index in [9.17, 15) is 9.59 Å². The number of rotatable bonds is 1. The summed E-state index contributed by atoms with van der Waals surface area (Å²) >= 11 is 0. The first kappa shape index (κ1) is 8.74. The first-order chi connectivity index (χ1) is 6.70. The van der Waals surface area contributed by atoms with Gasteiger partial charge in [0.05, 0.1) is 5.56 Å². The Morgan fingerprint density at radius 2 is 2.14 bits per heavy atom. The van der Waals surface area contributed by atoms with E-state index in [-0.39, 0.29) is 6.61 Å². The molecular weight excluding hydrogens is 184 g/mol. The number of fused-ring (bicyclic) bond motifs is 1. The van der Waals surface area contributed by atoms with Crippen molar-refractivity contribution in [3.8, 4) is 0 Å². The van der Waals surface area contributed by atoms with E-state index in [4.69, 9.17) is 9.84 Å². The van der Waals surface area contributed by atoms with Crippen molar-refractivity contribution in [1.29, 1.82) is 0 Å². The highest BCUT2D eigenvalue weighted by Gasteiger charge is 2.31. The Labute approximate surface area is 80.1 Å². The van der Waals surface area contributed by atoms with Crippen LogP contribution in [0.1, 0.15) is 21.8 Å². The van der Waals surface area contributed by atoms with E-state index in [0.29, 0.717) is 11.1 Å². The number of carboxylic acids is 1. The van der Waals surface area contributed by atoms with Gasteiger partial charge >= 0.3 is 11.9 Å². The third-order valence-corrected chi connectivity index (χ3v) is 2.24. The minimum Gasteiger partial charge on any atom is -0.481 e. The lowest BCUT2D eigenvalue weighted by atomic mass is 9.93. The summed E-state index contributed by atoms with van der Waals surface area (Å²) in [4.78, 5) is 22.1. The van der Waals surface area contributed by atoms with Gasteiger partial charge in [-0.05, 0) is 11.6 Å². The van der Waals surface area contributed by atoms with Crippen LogP contribution in [0.4, 0.5) is 0 Å². The van der Waals surface area contributed by atoms with Gasteiger partial charge in [0.2, 0.25) is 0 Å². The fraction of sp³-hybridized carbons (Fsp3) is 0.200. The number of benzene rings is 1. The SMILES string of the molecule is O=C1OCC(C(=O)O)c2ccccc21. The lowest BCUT2D eigenvalue weighted by Gasteiger charge is -2.21. The van der Waals surface area contributed by atoms with Crippen LogP contribution in [-0.4, -0.2) is 23.7 Å². The van der Waals surface area contributed by atoms with E-state index in [0.717, 1.165) is 0 Å². The van der Waals surface area contributed by atoms with Crippen molar-refractivity contribution in [1.82, 2.24) is 0 Å². The molecule has 0 saturated carbocycles. The molecule has 1 unspecified atom stereocenters. The molecule has 1 aliphatic rings. The van der Waals surface area contributed by atoms with Crippen molar-refractivity contribution in [2.75, 3.05) is 6.61 Å². The minimum absolute atomic E-state index is 0.0782. The van der Waals surface area contributed by atoms with Gasteiger partial charge in [-0.1, -0.05) is 18.2 Å². The van der Waals surface area contributed by atoms with Gasteiger partial charge in [-0.15, -0.1) is 0 Å². The Morgan fingerprint density at radius 3 is 2.86 bits per heavy atom. The second-order valence-electron chi connectivity index (χ2n) is 3.08. The van der Waals surface area contributed by atoms with Gasteiger partial charge in [-0.3, -0.25) is 4.79 Å². The molecule has 0 aliphatic carbocycles. The summed E-state index contributed by atoms with van der Waals surface area (Å²) in [6, 6.07) is 6.62. The average molecular weight is 192 g/mol. The zero-order valence-electron chi connectivity index (χ0n) is 7.27. The largest absolute Gasteiger partial charge is 0.481 e. The number of cyclic esters (lactones) is 1. The van der Waals surface area contributed by atoms with Crippen LogP contribution in [-0.2, 0) is 9.53 Å². The van der Waals surface area contributed by atoms with Crippen LogP contribution in [0.3, 0.4) is 0 Å². The Hall–Kier alpha value is -1.84. The number of hydrogen-bond donors (Lipinski definition) is 1. The van der Waals surface area contributed by atoms with Gasteiger partial charge in [0.25, 0.3) is 0 Å². The number of hydrogen-bond acceptors (Lipinski definition) is 3. The molecule has 4 nitrogen and oxygen atoms in total. The molecule has 0 amide bonds. The maximum atomic E-state index is 11.2. The van der Waals surface area contributed by atoms with Gasteiger partial charge in [0.15, 0.2) is 0 Å². The number of ether oxygens (including phenoxy) is 1. The zero-order valence-corrected chi connectivity index (χ0v) is 7.27. The van der Waals surface area contributed by atoms with E-state index >= 15 is 0 Å². The number of carbonyl (C=O) groups excluding carboxylic acids is 1. The van der Waals surface area contributed by atoms with Gasteiger partial charge in [-0.25, -0.2) is 4.79 Å². The standard InChI is InChI=1S/C10H8O4/c11-9(12)8-5-14-10(13)7-4-2-1-3-6(7)8/h1-4,8H,5H2,(H,11,12). The molecular formula is C10H8O4. The molecule has 0 fully saturated rings. The third-order valence-electron chi connectivity index (χ3n) is 2.24. The predicted octanol–water partition coefficient (Wildman–Crippen LogP) is 1.03. The highest BCUT2D eigenvalue weighted by molar-refractivity contribution is 5.95. The topological polar surface area (TPSA) is 63.6 Å². The van der Waals surface area contributed by atoms with Crippen LogP contribution >= 0.6 is 0 Å². The van der Waals surface area contributed by atoms with Gasteiger partial charge in [-0.2, -0.15) is 0 Å². The van der Waals surface area contributed by atoms with Crippen LogP contribution in [0.15, 0.2) is 24.3 Å². The normalized spacial score (nSPS) is 19.7. The summed E-state index contributed by atoms with van der Waals surface area (Å²) in [6.07, 6.45) is 0. The van der Waals surface area contributed by atoms with Crippen LogP contribution < -0.4 is 0 Å². The number of carboxylic acid groups (broad SMARTS) is 1. The molecule has 1 N–H and O–H groups in total. The summed E-state index contributed by atoms with van der Waals surface area (Å²) in [7, 11) is 0. The molecule has 2 rings (SSSR count). The van der Waals surface area contributed by atoms with E-state index in [1.54, 1.807) is 24.3 Å². The Bertz CT molecular complexity index is 397. The van der Waals surface area contributed by atoms with Gasteiger partial charge < -0.3 is 9.84 Å². The number of aliphatic carboxylic acids is 1. The minimum atomic E-state index is -0.968. The van der Waals surface area contributed by atoms with Crippen LogP contribution in [0.25, 0.3) is 0 Å². The predicted molar refractivity (Wildman–Crippen MR) is 47.1 cm³/mol. The molecule has 72 valence electrons. The average Bonchev–Trinajstić information content (AvgIpc) is 2.18. The van der Waals surface area contributed by atoms with Gasteiger partial charge in [0, 0.05) is 0 Å². The van der Waals surface area contributed by atoms with Crippen molar-refractivity contribution in [2.24, 2.45) is 0 Å². The second-order valence-corrected chi connectivity index (χ2v) is 3.08. The Morgan fingerprint density at radius 1 is 1.43 bits per heavy atom. The monoisotopic (exact) mass is 192 g/mol. The smallest absolute Gasteiger partial charge is 0.338 e. The highest BCUT2D eigenvalue weighted by atomic mass is 16.5. The van der Waals surface area contributed by atoms with Crippen molar-refractivity contribution in [3.05, 3.63) is 35.4 Å². The summed E-state index contributed by atoms with van der Waals surface area (Å²) < 4.78 is 4.76. The molecule has 4 heteroatoms. The lowest BCUT2D eigenvalue weighted by molar-refractivity contribution is -0.140. The Balaban J connectivity index is 2.52. The quantitative estimate of drug-likeness (QED) is 0.675. The molecule has 1 heterocycles. The van der Waals surface area contributed by atoms with Crippen molar-refractivity contribution in [3.63, 3.8) is 0 Å². The molecule has 0 bridgehead atoms. The summed E-state index contributed by atoms with van der Waals surface area (Å²) in [5, 5.41) is 8.88. The second kappa shape index (κ2) is 3.14. The zero-order chi connectivity index (χ0) is 10.1. The molecule has 1 aromatic rings. The fourth-order valence-corrected chi connectivity index (χ4v) is 1.52. The molecule has 0 spiro atoms. The highest BCUT2D eigenvalue weighted by Crippen LogP contribution is 2.26. The summed E-state index contributed by atoms with van der Waals surface area (Å²) in [5.41, 5.74) is 0.891. The molecule has 0 saturated heterocycles. The third kappa shape index (κ3) is 1.25. The van der Waals surface area contributed by atoms with Gasteiger partial charge in [0.1, 0.15) is 12.5 Å². The molecule has 1 aromatic carbocycles. The first-order valence-corrected chi connectivity index (χ1v) is 4.19. The van der Waals surface area contributed by atoms with Crippen molar-refractivity contribution in [2.45, 2.75) is 5.92 Å². The maximum Gasteiger partial charge on any atom is 0.338 e. The lowest BCUT2D eigenvalue weighted by Crippen LogP contribution is -2.27. The van der Waals surface area contributed by atoms with Crippen LogP contribution in [0.5, 0.6) is 0 Å². The number of esters is 1. The molecule has 0 radical (unpaired) electrons. The number of carbonyl (C=O) groups is 2. The fourth-order valence-electron chi connectivity index (χ4n) is 1.52. The van der Waals surface area contributed by atoms with Crippen molar-refractivity contribution < 1.29 is 19.4 Å². The maximum absolute atomic E-state index is 11.2. The van der Waals surface area contributed by atoms with E-state index < -0.39 is 17.9 Å². The van der Waals surface area contributed by atoms with Crippen LogP contribution in [0, 0.1) is 0 Å².